The Labute approximate surface area is 80.5 Å². The molecule has 4 nitrogen and oxygen atoms in total. The zero-order valence-corrected chi connectivity index (χ0v) is 7.30. The smallest absolute Gasteiger partial charge is 0.408 e. The maximum Gasteiger partial charge on any atom is 0.408 e. The first-order valence-electron chi connectivity index (χ1n) is 3.32. The molecule has 0 bridgehead atoms. The summed E-state index contributed by atoms with van der Waals surface area (Å²) in [6.45, 7) is -1.54. The minimum Gasteiger partial charge on any atom is -0.505 e. The number of rotatable bonds is 1. The first-order chi connectivity index (χ1) is 6.31. The van der Waals surface area contributed by atoms with Crippen LogP contribution >= 0.6 is 11.6 Å². The van der Waals surface area contributed by atoms with Crippen molar-refractivity contribution in [1.29, 1.82) is 0 Å². The van der Waals surface area contributed by atoms with E-state index >= 15 is 0 Å². The number of aromatic hydroxyl groups is 1. The predicted octanol–water partition coefficient (Wildman–Crippen LogP) is 1.16. The van der Waals surface area contributed by atoms with Gasteiger partial charge < -0.3 is 5.11 Å². The third-order valence-electron chi connectivity index (χ3n) is 1.30. The first-order valence-corrected chi connectivity index (χ1v) is 3.70. The van der Waals surface area contributed by atoms with E-state index in [9.17, 15) is 18.0 Å². The van der Waals surface area contributed by atoms with Gasteiger partial charge in [-0.1, -0.05) is 11.6 Å². The molecular formula is C6H4ClF3N2O2. The van der Waals surface area contributed by atoms with Gasteiger partial charge >= 0.3 is 6.18 Å². The fraction of sp³-hybridized carbons (Fsp3) is 0.333. The first kappa shape index (κ1) is 10.8. The molecule has 1 aromatic rings. The van der Waals surface area contributed by atoms with Crippen LogP contribution in [0, 0.1) is 0 Å². The molecule has 14 heavy (non-hydrogen) atoms. The monoisotopic (exact) mass is 228 g/mol. The molecule has 0 aliphatic heterocycles. The third kappa shape index (κ3) is 2.38. The number of hydrogen-bond donors (Lipinski definition) is 1. The van der Waals surface area contributed by atoms with Gasteiger partial charge in [0.25, 0.3) is 5.56 Å². The van der Waals surface area contributed by atoms with Crippen LogP contribution in [0.15, 0.2) is 11.0 Å². The van der Waals surface area contributed by atoms with Crippen LogP contribution in [0.3, 0.4) is 0 Å². The van der Waals surface area contributed by atoms with Gasteiger partial charge in [-0.05, 0) is 0 Å². The Morgan fingerprint density at radius 1 is 1.57 bits per heavy atom. The van der Waals surface area contributed by atoms with Crippen molar-refractivity contribution in [1.82, 2.24) is 9.78 Å². The van der Waals surface area contributed by atoms with Gasteiger partial charge in [-0.15, -0.1) is 0 Å². The number of hydrogen-bond acceptors (Lipinski definition) is 3. The van der Waals surface area contributed by atoms with Crippen LogP contribution in [0.4, 0.5) is 13.2 Å². The second-order valence-electron chi connectivity index (χ2n) is 2.42. The molecule has 0 saturated heterocycles. The second kappa shape index (κ2) is 3.49. The normalized spacial score (nSPS) is 11.7. The Kier molecular flexibility index (Phi) is 2.70. The van der Waals surface area contributed by atoms with Gasteiger partial charge in [-0.2, -0.15) is 18.3 Å². The van der Waals surface area contributed by atoms with Crippen molar-refractivity contribution < 1.29 is 18.3 Å². The van der Waals surface area contributed by atoms with Gasteiger partial charge in [0.05, 0.1) is 6.20 Å². The minimum absolute atomic E-state index is 0.127. The number of alkyl halides is 3. The van der Waals surface area contributed by atoms with E-state index in [0.29, 0.717) is 6.20 Å². The van der Waals surface area contributed by atoms with Crippen LogP contribution in [0.5, 0.6) is 5.75 Å². The molecule has 0 aliphatic carbocycles. The van der Waals surface area contributed by atoms with Crippen LogP contribution in [0.1, 0.15) is 0 Å². The number of aromatic nitrogens is 2. The average Bonchev–Trinajstić information content (AvgIpc) is 2.04. The quantitative estimate of drug-likeness (QED) is 0.785. The highest BCUT2D eigenvalue weighted by Gasteiger charge is 2.29. The van der Waals surface area contributed by atoms with E-state index in [1.165, 1.54) is 0 Å². The largest absolute Gasteiger partial charge is 0.505 e. The summed E-state index contributed by atoms with van der Waals surface area (Å²) >= 11 is 5.22. The van der Waals surface area contributed by atoms with Crippen molar-refractivity contribution in [2.24, 2.45) is 0 Å². The van der Waals surface area contributed by atoms with E-state index in [1.54, 1.807) is 0 Å². The molecule has 1 heterocycles. The number of nitrogens with zero attached hydrogens (tertiary/aromatic N) is 2. The lowest BCUT2D eigenvalue weighted by Gasteiger charge is -2.07. The van der Waals surface area contributed by atoms with Crippen molar-refractivity contribution in [3.05, 3.63) is 21.6 Å². The van der Waals surface area contributed by atoms with Crippen molar-refractivity contribution in [2.45, 2.75) is 12.7 Å². The van der Waals surface area contributed by atoms with Crippen molar-refractivity contribution >= 4 is 11.6 Å². The van der Waals surface area contributed by atoms with E-state index in [2.05, 4.69) is 5.10 Å². The molecule has 0 saturated carbocycles. The molecule has 78 valence electrons. The summed E-state index contributed by atoms with van der Waals surface area (Å²) < 4.78 is 35.7. The summed E-state index contributed by atoms with van der Waals surface area (Å²) in [5.74, 6) is -0.643. The van der Waals surface area contributed by atoms with Gasteiger partial charge in [0.15, 0.2) is 10.8 Å². The van der Waals surface area contributed by atoms with Crippen molar-refractivity contribution in [3.8, 4) is 5.75 Å². The Morgan fingerprint density at radius 2 is 2.14 bits per heavy atom. The minimum atomic E-state index is -4.56. The van der Waals surface area contributed by atoms with Gasteiger partial charge in [0, 0.05) is 0 Å². The molecular weight excluding hydrogens is 225 g/mol. The molecule has 1 aromatic heterocycles. The molecule has 0 aliphatic rings. The average molecular weight is 229 g/mol. The Bertz CT molecular complexity index is 401. The second-order valence-corrected chi connectivity index (χ2v) is 2.80. The zero-order valence-electron chi connectivity index (χ0n) is 6.55. The lowest BCUT2D eigenvalue weighted by molar-refractivity contribution is -0.143. The summed E-state index contributed by atoms with van der Waals surface area (Å²) in [5.41, 5.74) is -1.18. The maximum absolute atomic E-state index is 11.8. The lowest BCUT2D eigenvalue weighted by atomic mass is 10.5. The van der Waals surface area contributed by atoms with Crippen LogP contribution in [0.25, 0.3) is 0 Å². The van der Waals surface area contributed by atoms with E-state index < -0.39 is 29.1 Å². The summed E-state index contributed by atoms with van der Waals surface area (Å²) in [4.78, 5) is 11.0. The lowest BCUT2D eigenvalue weighted by Crippen LogP contribution is -2.30. The predicted molar refractivity (Wildman–Crippen MR) is 41.2 cm³/mol. The number of halogens is 4. The van der Waals surface area contributed by atoms with E-state index in [4.69, 9.17) is 16.7 Å². The van der Waals surface area contributed by atoms with Gasteiger partial charge in [-0.25, -0.2) is 4.68 Å². The zero-order chi connectivity index (χ0) is 10.9. The molecule has 0 atom stereocenters. The molecule has 1 N–H and O–H groups in total. The van der Waals surface area contributed by atoms with E-state index in [-0.39, 0.29) is 4.68 Å². The van der Waals surface area contributed by atoms with E-state index in [1.807, 2.05) is 0 Å². The SMILES string of the molecule is O=c1c(Cl)c(O)cnn1CC(F)(F)F. The Morgan fingerprint density at radius 3 is 2.64 bits per heavy atom. The van der Waals surface area contributed by atoms with Crippen LogP contribution < -0.4 is 5.56 Å². The van der Waals surface area contributed by atoms with Crippen molar-refractivity contribution in [3.63, 3.8) is 0 Å². The fourth-order valence-electron chi connectivity index (χ4n) is 0.739. The summed E-state index contributed by atoms with van der Waals surface area (Å²) in [6.07, 6.45) is -3.88. The molecule has 0 radical (unpaired) electrons. The molecule has 8 heteroatoms. The fourth-order valence-corrected chi connectivity index (χ4v) is 0.885. The summed E-state index contributed by atoms with van der Waals surface area (Å²) in [5, 5.41) is 11.2. The molecule has 0 fully saturated rings. The molecule has 0 unspecified atom stereocenters. The summed E-state index contributed by atoms with van der Waals surface area (Å²) in [7, 11) is 0. The Hall–Kier alpha value is -1.24. The van der Waals surface area contributed by atoms with Crippen LogP contribution in [-0.4, -0.2) is 21.1 Å². The van der Waals surface area contributed by atoms with Gasteiger partial charge in [-0.3, -0.25) is 4.79 Å². The molecule has 0 aromatic carbocycles. The highest BCUT2D eigenvalue weighted by Crippen LogP contribution is 2.18. The highest BCUT2D eigenvalue weighted by atomic mass is 35.5. The third-order valence-corrected chi connectivity index (χ3v) is 1.65. The Balaban J connectivity index is 3.13. The van der Waals surface area contributed by atoms with Gasteiger partial charge in [0.2, 0.25) is 0 Å². The molecule has 0 spiro atoms. The maximum atomic E-state index is 11.8. The van der Waals surface area contributed by atoms with Crippen LogP contribution in [0.2, 0.25) is 5.02 Å². The van der Waals surface area contributed by atoms with E-state index in [0.717, 1.165) is 0 Å². The van der Waals surface area contributed by atoms with Crippen LogP contribution in [-0.2, 0) is 6.54 Å². The van der Waals surface area contributed by atoms with Gasteiger partial charge in [0.1, 0.15) is 6.54 Å². The molecule has 0 amide bonds. The molecule has 1 rings (SSSR count). The van der Waals surface area contributed by atoms with Crippen molar-refractivity contribution in [2.75, 3.05) is 0 Å². The standard InChI is InChI=1S/C6H4ClF3N2O2/c7-4-3(13)1-11-12(5(4)14)2-6(8,9)10/h1,13H,2H2. The topological polar surface area (TPSA) is 55.1 Å². The summed E-state index contributed by atoms with van der Waals surface area (Å²) in [6, 6.07) is 0. The highest BCUT2D eigenvalue weighted by molar-refractivity contribution is 6.31.